The molecule has 120 valence electrons. The molecule has 0 aliphatic rings. The predicted octanol–water partition coefficient (Wildman–Crippen LogP) is 2.97. The summed E-state index contributed by atoms with van der Waals surface area (Å²) < 4.78 is 15.9. The van der Waals surface area contributed by atoms with Gasteiger partial charge in [0.15, 0.2) is 11.6 Å². The smallest absolute Gasteiger partial charge is 0.159 e. The van der Waals surface area contributed by atoms with Crippen molar-refractivity contribution < 1.29 is 4.39 Å². The molecule has 0 bridgehead atoms. The first-order valence-electron chi connectivity index (χ1n) is 7.70. The Morgan fingerprint density at radius 1 is 1.21 bits per heavy atom. The van der Waals surface area contributed by atoms with Gasteiger partial charge in [-0.2, -0.15) is 0 Å². The van der Waals surface area contributed by atoms with Gasteiger partial charge in [0.1, 0.15) is 11.5 Å². The van der Waals surface area contributed by atoms with Crippen molar-refractivity contribution in [2.45, 2.75) is 19.9 Å². The zero-order valence-corrected chi connectivity index (χ0v) is 13.1. The van der Waals surface area contributed by atoms with E-state index < -0.39 is 5.82 Å². The molecule has 0 unspecified atom stereocenters. The van der Waals surface area contributed by atoms with Crippen molar-refractivity contribution >= 4 is 11.0 Å². The van der Waals surface area contributed by atoms with E-state index in [1.165, 1.54) is 6.07 Å². The highest BCUT2D eigenvalue weighted by atomic mass is 19.1. The SMILES string of the molecule is CCn1c(Cc2c[nH]c(-c3ncccc3F)n2)nc2ccncc21. The van der Waals surface area contributed by atoms with Crippen molar-refractivity contribution in [3.63, 3.8) is 0 Å². The number of hydrogen-bond donors (Lipinski definition) is 1. The van der Waals surface area contributed by atoms with Crippen molar-refractivity contribution in [2.24, 2.45) is 0 Å². The number of H-pyrrole nitrogens is 1. The first-order valence-corrected chi connectivity index (χ1v) is 7.70. The van der Waals surface area contributed by atoms with Crippen molar-refractivity contribution in [3.8, 4) is 11.5 Å². The average molecular weight is 322 g/mol. The summed E-state index contributed by atoms with van der Waals surface area (Å²) >= 11 is 0. The van der Waals surface area contributed by atoms with Crippen molar-refractivity contribution in [1.29, 1.82) is 0 Å². The van der Waals surface area contributed by atoms with Crippen LogP contribution in [-0.2, 0) is 13.0 Å². The van der Waals surface area contributed by atoms with Crippen LogP contribution in [0.2, 0.25) is 0 Å². The van der Waals surface area contributed by atoms with Gasteiger partial charge in [0.25, 0.3) is 0 Å². The number of nitrogens with one attached hydrogen (secondary N) is 1. The molecule has 4 rings (SSSR count). The van der Waals surface area contributed by atoms with Gasteiger partial charge in [-0.25, -0.2) is 19.3 Å². The first kappa shape index (κ1) is 14.5. The van der Waals surface area contributed by atoms with E-state index in [9.17, 15) is 4.39 Å². The fourth-order valence-electron chi connectivity index (χ4n) is 2.80. The summed E-state index contributed by atoms with van der Waals surface area (Å²) in [6, 6.07) is 4.82. The number of imidazole rings is 2. The highest BCUT2D eigenvalue weighted by Gasteiger charge is 2.14. The second kappa shape index (κ2) is 5.84. The molecule has 0 amide bonds. The number of aryl methyl sites for hydroxylation is 1. The Kier molecular flexibility index (Phi) is 3.53. The molecule has 1 N–H and O–H groups in total. The Hall–Kier alpha value is -3.09. The molecular weight excluding hydrogens is 307 g/mol. The van der Waals surface area contributed by atoms with Crippen molar-refractivity contribution in [1.82, 2.24) is 29.5 Å². The van der Waals surface area contributed by atoms with Gasteiger partial charge in [0.2, 0.25) is 0 Å². The molecule has 0 spiro atoms. The molecule has 0 radical (unpaired) electrons. The van der Waals surface area contributed by atoms with Gasteiger partial charge >= 0.3 is 0 Å². The Bertz CT molecular complexity index is 1000. The summed E-state index contributed by atoms with van der Waals surface area (Å²) in [6.07, 6.45) is 7.41. The highest BCUT2D eigenvalue weighted by molar-refractivity contribution is 5.74. The summed E-state index contributed by atoms with van der Waals surface area (Å²) in [5, 5.41) is 0. The molecule has 7 heteroatoms. The van der Waals surface area contributed by atoms with Crippen LogP contribution in [0.4, 0.5) is 4.39 Å². The van der Waals surface area contributed by atoms with Gasteiger partial charge in [-0.3, -0.25) is 4.98 Å². The van der Waals surface area contributed by atoms with E-state index in [2.05, 4.69) is 36.4 Å². The van der Waals surface area contributed by atoms with Gasteiger partial charge in [0.05, 0.1) is 22.9 Å². The molecule has 0 aliphatic carbocycles. The molecule has 4 aromatic heterocycles. The summed E-state index contributed by atoms with van der Waals surface area (Å²) in [5.74, 6) is 0.925. The fourth-order valence-corrected chi connectivity index (χ4v) is 2.80. The molecule has 6 nitrogen and oxygen atoms in total. The molecule has 24 heavy (non-hydrogen) atoms. The normalized spacial score (nSPS) is 11.2. The van der Waals surface area contributed by atoms with Crippen LogP contribution in [-0.4, -0.2) is 29.5 Å². The third kappa shape index (κ3) is 2.44. The minimum atomic E-state index is -0.398. The lowest BCUT2D eigenvalue weighted by atomic mass is 10.3. The van der Waals surface area contributed by atoms with E-state index >= 15 is 0 Å². The lowest BCUT2D eigenvalue weighted by Crippen LogP contribution is -2.03. The third-order valence-electron chi connectivity index (χ3n) is 3.90. The van der Waals surface area contributed by atoms with E-state index in [-0.39, 0.29) is 5.69 Å². The first-order chi connectivity index (χ1) is 11.8. The van der Waals surface area contributed by atoms with E-state index in [1.54, 1.807) is 24.7 Å². The van der Waals surface area contributed by atoms with Crippen molar-refractivity contribution in [2.75, 3.05) is 0 Å². The summed E-state index contributed by atoms with van der Waals surface area (Å²) in [4.78, 5) is 20.3. The number of halogens is 1. The molecule has 0 atom stereocenters. The summed E-state index contributed by atoms with van der Waals surface area (Å²) in [7, 11) is 0. The number of nitrogens with zero attached hydrogens (tertiary/aromatic N) is 5. The zero-order chi connectivity index (χ0) is 16.5. The molecule has 4 heterocycles. The largest absolute Gasteiger partial charge is 0.343 e. The van der Waals surface area contributed by atoms with Gasteiger partial charge in [-0.05, 0) is 25.1 Å². The van der Waals surface area contributed by atoms with E-state index in [0.29, 0.717) is 12.2 Å². The van der Waals surface area contributed by atoms with Crippen LogP contribution in [0, 0.1) is 5.82 Å². The monoisotopic (exact) mass is 322 g/mol. The molecule has 0 saturated heterocycles. The van der Waals surface area contributed by atoms with Gasteiger partial charge in [-0.1, -0.05) is 0 Å². The number of aromatic nitrogens is 6. The van der Waals surface area contributed by atoms with Gasteiger partial charge in [-0.15, -0.1) is 0 Å². The van der Waals surface area contributed by atoms with Crippen LogP contribution in [0.15, 0.2) is 43.0 Å². The van der Waals surface area contributed by atoms with E-state index in [0.717, 1.165) is 29.1 Å². The lowest BCUT2D eigenvalue weighted by Gasteiger charge is -2.04. The van der Waals surface area contributed by atoms with Crippen molar-refractivity contribution in [3.05, 3.63) is 60.3 Å². The number of aromatic amines is 1. The Labute approximate surface area is 137 Å². The van der Waals surface area contributed by atoms with Crippen LogP contribution in [0.1, 0.15) is 18.4 Å². The minimum Gasteiger partial charge on any atom is -0.343 e. The number of pyridine rings is 2. The topological polar surface area (TPSA) is 72.3 Å². The second-order valence-corrected chi connectivity index (χ2v) is 5.39. The minimum absolute atomic E-state index is 0.219. The van der Waals surface area contributed by atoms with Gasteiger partial charge in [0, 0.05) is 31.6 Å². The number of rotatable bonds is 4. The van der Waals surface area contributed by atoms with Crippen LogP contribution in [0.5, 0.6) is 0 Å². The number of fused-ring (bicyclic) bond motifs is 1. The molecule has 0 saturated carbocycles. The molecule has 0 aromatic carbocycles. The quantitative estimate of drug-likeness (QED) is 0.627. The van der Waals surface area contributed by atoms with Crippen LogP contribution in [0.25, 0.3) is 22.6 Å². The zero-order valence-electron chi connectivity index (χ0n) is 13.1. The van der Waals surface area contributed by atoms with Gasteiger partial charge < -0.3 is 9.55 Å². The number of hydrogen-bond acceptors (Lipinski definition) is 4. The van der Waals surface area contributed by atoms with Crippen LogP contribution in [0.3, 0.4) is 0 Å². The summed E-state index contributed by atoms with van der Waals surface area (Å²) in [6.45, 7) is 2.86. The Morgan fingerprint density at radius 2 is 2.12 bits per heavy atom. The Morgan fingerprint density at radius 3 is 2.96 bits per heavy atom. The molecular formula is C17H15FN6. The predicted molar refractivity (Wildman–Crippen MR) is 87.8 cm³/mol. The lowest BCUT2D eigenvalue weighted by molar-refractivity contribution is 0.624. The van der Waals surface area contributed by atoms with Crippen LogP contribution >= 0.6 is 0 Å². The second-order valence-electron chi connectivity index (χ2n) is 5.39. The average Bonchev–Trinajstić information content (AvgIpc) is 3.19. The highest BCUT2D eigenvalue weighted by Crippen LogP contribution is 2.20. The van der Waals surface area contributed by atoms with E-state index in [4.69, 9.17) is 0 Å². The maximum Gasteiger partial charge on any atom is 0.159 e. The standard InChI is InChI=1S/C17H15FN6/c1-2-24-14-10-19-7-5-13(14)23-15(24)8-11-9-21-17(22-11)16-12(18)4-3-6-20-16/h3-7,9-10H,2,8H2,1H3,(H,21,22). The molecule has 0 fully saturated rings. The third-order valence-corrected chi connectivity index (χ3v) is 3.90. The molecule has 0 aliphatic heterocycles. The summed E-state index contributed by atoms with van der Waals surface area (Å²) in [5.41, 5.74) is 2.92. The maximum atomic E-state index is 13.8. The molecule has 4 aromatic rings. The maximum absolute atomic E-state index is 13.8. The Balaban J connectivity index is 1.69. The van der Waals surface area contributed by atoms with E-state index in [1.807, 2.05) is 12.3 Å². The van der Waals surface area contributed by atoms with Crippen LogP contribution < -0.4 is 0 Å². The fraction of sp³-hybridized carbons (Fsp3) is 0.176.